The van der Waals surface area contributed by atoms with Crippen LogP contribution in [0.2, 0.25) is 0 Å². The molecule has 0 radical (unpaired) electrons. The van der Waals surface area contributed by atoms with Gasteiger partial charge in [0.15, 0.2) is 0 Å². The molecule has 0 heterocycles. The number of aryl methyl sites for hydroxylation is 1. The van der Waals surface area contributed by atoms with Gasteiger partial charge < -0.3 is 5.32 Å². The summed E-state index contributed by atoms with van der Waals surface area (Å²) in [6, 6.07) is 4.06. The summed E-state index contributed by atoms with van der Waals surface area (Å²) in [4.78, 5) is 0. The Kier molecular flexibility index (Phi) is 5.02. The largest absolute Gasteiger partial charge is 0.416 e. The minimum absolute atomic E-state index is 0.0716. The average molecular weight is 273 g/mol. The van der Waals surface area contributed by atoms with E-state index in [1.807, 2.05) is 7.05 Å². The molecule has 0 amide bonds. The predicted octanol–water partition coefficient (Wildman–Crippen LogP) is 4.57. The number of benzene rings is 1. The molecule has 0 bridgehead atoms. The highest BCUT2D eigenvalue weighted by molar-refractivity contribution is 5.35. The zero-order valence-electron chi connectivity index (χ0n) is 12.1. The second-order valence-electron chi connectivity index (χ2n) is 5.44. The summed E-state index contributed by atoms with van der Waals surface area (Å²) < 4.78 is 38.0. The van der Waals surface area contributed by atoms with Crippen LogP contribution in [0.15, 0.2) is 18.2 Å². The van der Waals surface area contributed by atoms with E-state index in [0.717, 1.165) is 5.56 Å². The Bertz CT molecular complexity index is 424. The summed E-state index contributed by atoms with van der Waals surface area (Å²) in [5.41, 5.74) is 1.04. The number of alkyl halides is 3. The zero-order chi connectivity index (χ0) is 14.8. The van der Waals surface area contributed by atoms with Gasteiger partial charge in [-0.05, 0) is 49.1 Å². The first kappa shape index (κ1) is 16.0. The van der Waals surface area contributed by atoms with Crippen LogP contribution in [-0.4, -0.2) is 7.05 Å². The molecule has 108 valence electrons. The van der Waals surface area contributed by atoms with Gasteiger partial charge in [0.05, 0.1) is 5.56 Å². The van der Waals surface area contributed by atoms with Gasteiger partial charge in [0, 0.05) is 6.04 Å². The lowest BCUT2D eigenvalue weighted by atomic mass is 9.84. The highest BCUT2D eigenvalue weighted by atomic mass is 19.4. The van der Waals surface area contributed by atoms with Gasteiger partial charge in [-0.25, -0.2) is 0 Å². The van der Waals surface area contributed by atoms with E-state index in [1.54, 1.807) is 13.0 Å². The van der Waals surface area contributed by atoms with E-state index >= 15 is 0 Å². The van der Waals surface area contributed by atoms with Gasteiger partial charge in [-0.2, -0.15) is 13.2 Å². The summed E-state index contributed by atoms with van der Waals surface area (Å²) in [5, 5.41) is 3.22. The molecule has 0 fully saturated rings. The van der Waals surface area contributed by atoms with Crippen molar-refractivity contribution in [1.82, 2.24) is 5.32 Å². The molecule has 19 heavy (non-hydrogen) atoms. The van der Waals surface area contributed by atoms with Gasteiger partial charge in [-0.15, -0.1) is 0 Å². The smallest absolute Gasteiger partial charge is 0.313 e. The maximum atomic E-state index is 12.7. The number of hydrogen-bond acceptors (Lipinski definition) is 1. The fourth-order valence-electron chi connectivity index (χ4n) is 2.29. The van der Waals surface area contributed by atoms with Crippen LogP contribution in [0.4, 0.5) is 13.2 Å². The Hall–Kier alpha value is -1.03. The van der Waals surface area contributed by atoms with E-state index in [2.05, 4.69) is 26.1 Å². The molecule has 0 aliphatic heterocycles. The molecule has 1 nitrogen and oxygen atoms in total. The molecule has 1 aromatic carbocycles. The van der Waals surface area contributed by atoms with Gasteiger partial charge in [-0.3, -0.25) is 0 Å². The molecule has 0 aliphatic carbocycles. The molecule has 2 atom stereocenters. The third-order valence-electron chi connectivity index (χ3n) is 3.82. The molecule has 0 spiro atoms. The number of rotatable bonds is 4. The van der Waals surface area contributed by atoms with E-state index < -0.39 is 11.7 Å². The second kappa shape index (κ2) is 5.95. The van der Waals surface area contributed by atoms with E-state index in [9.17, 15) is 13.2 Å². The summed E-state index contributed by atoms with van der Waals surface area (Å²) in [6.07, 6.45) is -4.28. The van der Waals surface area contributed by atoms with Crippen molar-refractivity contribution in [3.8, 4) is 0 Å². The lowest BCUT2D eigenvalue weighted by Crippen LogP contribution is -2.27. The molecular formula is C15H22F3N. The van der Waals surface area contributed by atoms with Crippen molar-refractivity contribution in [2.24, 2.45) is 11.8 Å². The summed E-state index contributed by atoms with van der Waals surface area (Å²) in [7, 11) is 1.85. The molecule has 1 rings (SSSR count). The van der Waals surface area contributed by atoms with Gasteiger partial charge in [0.2, 0.25) is 0 Å². The SMILES string of the molecule is CNC(c1ccc(C(F)(F)F)cc1C)C(C)C(C)C. The van der Waals surface area contributed by atoms with Crippen molar-refractivity contribution in [2.75, 3.05) is 7.05 Å². The third-order valence-corrected chi connectivity index (χ3v) is 3.82. The third kappa shape index (κ3) is 3.72. The van der Waals surface area contributed by atoms with Crippen molar-refractivity contribution in [3.63, 3.8) is 0 Å². The molecule has 2 unspecified atom stereocenters. The Morgan fingerprint density at radius 2 is 1.68 bits per heavy atom. The summed E-state index contributed by atoms with van der Waals surface area (Å²) in [6.45, 7) is 8.09. The maximum absolute atomic E-state index is 12.7. The quantitative estimate of drug-likeness (QED) is 0.847. The molecule has 0 saturated heterocycles. The first-order valence-corrected chi connectivity index (χ1v) is 6.53. The van der Waals surface area contributed by atoms with Crippen LogP contribution in [0.5, 0.6) is 0 Å². The minimum Gasteiger partial charge on any atom is -0.313 e. The fraction of sp³-hybridized carbons (Fsp3) is 0.600. The lowest BCUT2D eigenvalue weighted by Gasteiger charge is -2.28. The minimum atomic E-state index is -4.28. The lowest BCUT2D eigenvalue weighted by molar-refractivity contribution is -0.137. The van der Waals surface area contributed by atoms with Crippen molar-refractivity contribution in [3.05, 3.63) is 34.9 Å². The number of hydrogen-bond donors (Lipinski definition) is 1. The normalized spacial score (nSPS) is 15.6. The molecular weight excluding hydrogens is 251 g/mol. The van der Waals surface area contributed by atoms with Crippen LogP contribution in [0.1, 0.15) is 43.5 Å². The van der Waals surface area contributed by atoms with Gasteiger partial charge >= 0.3 is 6.18 Å². The molecule has 0 aliphatic rings. The van der Waals surface area contributed by atoms with Gasteiger partial charge in [0.25, 0.3) is 0 Å². The van der Waals surface area contributed by atoms with Crippen LogP contribution in [-0.2, 0) is 6.18 Å². The molecule has 0 aromatic heterocycles. The van der Waals surface area contributed by atoms with Crippen LogP contribution in [0, 0.1) is 18.8 Å². The second-order valence-corrected chi connectivity index (χ2v) is 5.44. The zero-order valence-corrected chi connectivity index (χ0v) is 12.1. The monoisotopic (exact) mass is 273 g/mol. The Morgan fingerprint density at radius 3 is 2.05 bits per heavy atom. The Morgan fingerprint density at radius 1 is 1.11 bits per heavy atom. The van der Waals surface area contributed by atoms with Crippen molar-refractivity contribution < 1.29 is 13.2 Å². The summed E-state index contributed by atoms with van der Waals surface area (Å²) >= 11 is 0. The first-order chi connectivity index (χ1) is 8.68. The van der Waals surface area contributed by atoms with Crippen LogP contribution in [0.3, 0.4) is 0 Å². The first-order valence-electron chi connectivity index (χ1n) is 6.53. The van der Waals surface area contributed by atoms with E-state index in [0.29, 0.717) is 17.4 Å². The Balaban J connectivity index is 3.14. The standard InChI is InChI=1S/C15H22F3N/c1-9(2)11(4)14(19-5)13-7-6-12(8-10(13)3)15(16,17)18/h6-9,11,14,19H,1-5H3. The van der Waals surface area contributed by atoms with Gasteiger partial charge in [0.1, 0.15) is 0 Å². The van der Waals surface area contributed by atoms with Crippen LogP contribution < -0.4 is 5.32 Å². The Labute approximate surface area is 113 Å². The highest BCUT2D eigenvalue weighted by Crippen LogP contribution is 2.34. The molecule has 1 N–H and O–H groups in total. The highest BCUT2D eigenvalue weighted by Gasteiger charge is 2.31. The molecule has 0 saturated carbocycles. The van der Waals surface area contributed by atoms with Crippen molar-refractivity contribution >= 4 is 0 Å². The summed E-state index contributed by atoms with van der Waals surface area (Å²) in [5.74, 6) is 0.805. The maximum Gasteiger partial charge on any atom is 0.416 e. The van der Waals surface area contributed by atoms with E-state index in [-0.39, 0.29) is 6.04 Å². The topological polar surface area (TPSA) is 12.0 Å². The fourth-order valence-corrected chi connectivity index (χ4v) is 2.29. The van der Waals surface area contributed by atoms with Crippen LogP contribution in [0.25, 0.3) is 0 Å². The average Bonchev–Trinajstić information content (AvgIpc) is 2.30. The predicted molar refractivity (Wildman–Crippen MR) is 72.0 cm³/mol. The number of halogens is 3. The van der Waals surface area contributed by atoms with E-state index in [4.69, 9.17) is 0 Å². The van der Waals surface area contributed by atoms with Crippen molar-refractivity contribution in [2.45, 2.75) is 39.9 Å². The molecule has 1 aromatic rings. The van der Waals surface area contributed by atoms with E-state index in [1.165, 1.54) is 12.1 Å². The van der Waals surface area contributed by atoms with Gasteiger partial charge in [-0.1, -0.05) is 26.8 Å². The van der Waals surface area contributed by atoms with Crippen LogP contribution >= 0.6 is 0 Å². The van der Waals surface area contributed by atoms with Crippen molar-refractivity contribution in [1.29, 1.82) is 0 Å². The molecule has 4 heteroatoms. The number of nitrogens with one attached hydrogen (secondary N) is 1.